The van der Waals surface area contributed by atoms with Crippen LogP contribution in [0.5, 0.6) is 0 Å². The lowest BCUT2D eigenvalue weighted by molar-refractivity contribution is 0.355. The lowest BCUT2D eigenvalue weighted by atomic mass is 9.86. The number of fused-ring (bicyclic) bond motifs is 2. The van der Waals surface area contributed by atoms with Gasteiger partial charge in [0, 0.05) is 95.6 Å². The zero-order valence-corrected chi connectivity index (χ0v) is 55.7. The number of aryl methyl sites for hydroxylation is 2. The number of nitriles is 1. The van der Waals surface area contributed by atoms with Gasteiger partial charge in [0.2, 0.25) is 11.9 Å². The number of rotatable bonds is 22. The Bertz CT molecular complexity index is 3200. The Morgan fingerprint density at radius 3 is 2.02 bits per heavy atom. The van der Waals surface area contributed by atoms with Gasteiger partial charge >= 0.3 is 0 Å². The van der Waals surface area contributed by atoms with Crippen LogP contribution in [0, 0.1) is 42.9 Å². The van der Waals surface area contributed by atoms with Crippen molar-refractivity contribution in [2.24, 2.45) is 39.6 Å². The molecule has 0 radical (unpaired) electrons. The van der Waals surface area contributed by atoms with Crippen LogP contribution in [0.2, 0.25) is 0 Å². The van der Waals surface area contributed by atoms with Crippen molar-refractivity contribution in [3.05, 3.63) is 72.6 Å². The van der Waals surface area contributed by atoms with Crippen molar-refractivity contribution >= 4 is 58.2 Å². The minimum atomic E-state index is 0.274. The molecule has 6 aromatic rings. The fourth-order valence-electron chi connectivity index (χ4n) is 12.1. The van der Waals surface area contributed by atoms with Gasteiger partial charge in [-0.1, -0.05) is 98.6 Å². The first-order valence-corrected chi connectivity index (χ1v) is 32.9. The number of allylic oxidation sites excluding steroid dienone is 1. The molecule has 4 saturated carbocycles. The standard InChI is InChI=1S/C28H42N12.C24H35N7.C6H9N3.C5H12.C2H6.C2H2/c1-5-20(30-6-2)13-14-31-28-36-26(35-22-9-7-21(8-10-22)34-19(4)29)25-27(37-28)39(17-32-25)23-11-12-24(15-23)40-33-16-18(3)38-40;1-17-8-9-20(12-17)31-16-27-22-21(13-18-6-4-3-5-7-18)28-24(29-23(22)31)25-11-10-19-14-30(2)15-26-19;1-8-5-6(9-2)3-4-7;1-3-5-4-2;2*1-2/h5-6,16-17,21-24,34H,4,7-15,29H2,1-3H3,(H2,31,35,36,37);14-18,20H,3-13H2,1-2H3,(H,25,28,29);5H,3H2,1-2H3;3-5H2,1-2H3;1-2H3;1-2H/b20-5-,30-6?;;;;;/t;17-,20?;;;;/m.1..../s1. The predicted molar refractivity (Wildman–Crippen MR) is 367 cm³/mol. The number of nitrogens with zero attached hydrogens (tertiary/aromatic N) is 17. The molecule has 6 N–H and O–H groups in total. The summed E-state index contributed by atoms with van der Waals surface area (Å²) < 4.78 is 6.53. The first kappa shape index (κ1) is 71.7. The van der Waals surface area contributed by atoms with E-state index in [-0.39, 0.29) is 12.1 Å². The summed E-state index contributed by atoms with van der Waals surface area (Å²) in [5.74, 6) is 4.16. The van der Waals surface area contributed by atoms with Crippen molar-refractivity contribution in [2.75, 3.05) is 43.1 Å². The summed E-state index contributed by atoms with van der Waals surface area (Å²) in [6, 6.07) is 3.72. The second-order valence-corrected chi connectivity index (χ2v) is 23.4. The van der Waals surface area contributed by atoms with Crippen molar-refractivity contribution in [1.29, 1.82) is 5.26 Å². The number of unbranched alkanes of at least 4 members (excludes halogenated alkanes) is 2. The largest absolute Gasteiger partial charge is 0.386 e. The van der Waals surface area contributed by atoms with Crippen LogP contribution < -0.4 is 27.0 Å². The molecule has 484 valence electrons. The number of anilines is 3. The van der Waals surface area contributed by atoms with E-state index < -0.39 is 0 Å². The Labute approximate surface area is 531 Å². The van der Waals surface area contributed by atoms with Crippen molar-refractivity contribution in [2.45, 2.75) is 227 Å². The van der Waals surface area contributed by atoms with Gasteiger partial charge in [-0.15, -0.1) is 12.8 Å². The SMILES string of the molecule is C#C.C=C(N)NC1CCC(Nc2nc(NCC/C(=C/C)N=CC)nc3c2ncn3C2CCC(n3ncc(C)n3)C2)CC1.CC.CCCCC.CN=CC(CC#N)=NC.C[C@@H]1CCC(n2cnc3c(CC4CCCCC4)nc(NCCc4cn(C)cn4)nc32)C1. The fourth-order valence-corrected chi connectivity index (χ4v) is 12.1. The number of aromatic nitrogens is 13. The van der Waals surface area contributed by atoms with Gasteiger partial charge in [-0.3, -0.25) is 15.0 Å². The van der Waals surface area contributed by atoms with Gasteiger partial charge < -0.3 is 40.7 Å². The summed E-state index contributed by atoms with van der Waals surface area (Å²) in [6.45, 7) is 21.9. The van der Waals surface area contributed by atoms with E-state index in [2.05, 4.69) is 107 Å². The monoisotopic (exact) mass is 1220 g/mol. The van der Waals surface area contributed by atoms with Gasteiger partial charge in [0.1, 0.15) is 5.52 Å². The van der Waals surface area contributed by atoms with Gasteiger partial charge in [-0.05, 0) is 103 Å². The molecule has 0 saturated heterocycles. The molecule has 4 aliphatic carbocycles. The fraction of sp³-hybridized carbons (Fsp3) is 0.627. The van der Waals surface area contributed by atoms with Crippen LogP contribution in [-0.2, 0) is 19.9 Å². The van der Waals surface area contributed by atoms with E-state index in [1.165, 1.54) is 70.6 Å². The molecule has 10 rings (SSSR count). The minimum Gasteiger partial charge on any atom is -0.386 e. The Kier molecular flexibility index (Phi) is 31.5. The van der Waals surface area contributed by atoms with Crippen molar-refractivity contribution in [3.8, 4) is 18.9 Å². The highest BCUT2D eigenvalue weighted by atomic mass is 15.5. The lowest BCUT2D eigenvalue weighted by Gasteiger charge is -2.30. The van der Waals surface area contributed by atoms with Gasteiger partial charge in [-0.2, -0.15) is 35.2 Å². The third-order valence-electron chi connectivity index (χ3n) is 16.6. The molecule has 0 bridgehead atoms. The first-order valence-electron chi connectivity index (χ1n) is 32.9. The van der Waals surface area contributed by atoms with Crippen molar-refractivity contribution in [1.82, 2.24) is 68.9 Å². The van der Waals surface area contributed by atoms with E-state index >= 15 is 0 Å². The van der Waals surface area contributed by atoms with Crippen LogP contribution in [-0.4, -0.2) is 121 Å². The maximum atomic E-state index is 8.20. The number of nitrogens with one attached hydrogen (secondary N) is 4. The Morgan fingerprint density at radius 1 is 0.809 bits per heavy atom. The van der Waals surface area contributed by atoms with Crippen LogP contribution >= 0.6 is 0 Å². The number of nitrogens with two attached hydrogens (primary N) is 1. The summed E-state index contributed by atoms with van der Waals surface area (Å²) in [7, 11) is 5.31. The molecule has 6 heterocycles. The predicted octanol–water partition coefficient (Wildman–Crippen LogP) is 13.1. The average molecular weight is 1220 g/mol. The van der Waals surface area contributed by atoms with E-state index in [9.17, 15) is 0 Å². The van der Waals surface area contributed by atoms with Gasteiger partial charge in [0.05, 0.1) is 72.3 Å². The maximum absolute atomic E-state index is 8.20. The van der Waals surface area contributed by atoms with Crippen molar-refractivity contribution < 1.29 is 0 Å². The topological polar surface area (TPSA) is 271 Å². The van der Waals surface area contributed by atoms with Crippen molar-refractivity contribution in [3.63, 3.8) is 0 Å². The Morgan fingerprint density at radius 2 is 1.45 bits per heavy atom. The first-order chi connectivity index (χ1) is 43.3. The molecule has 0 spiro atoms. The second-order valence-electron chi connectivity index (χ2n) is 23.4. The van der Waals surface area contributed by atoms with Gasteiger partial charge in [0.15, 0.2) is 22.6 Å². The molecule has 22 nitrogen and oxygen atoms in total. The molecule has 4 aliphatic rings. The molecule has 22 heteroatoms. The molecule has 4 atom stereocenters. The normalized spacial score (nSPS) is 20.2. The highest BCUT2D eigenvalue weighted by Crippen LogP contribution is 2.40. The number of hydrogen-bond donors (Lipinski definition) is 5. The number of hydrogen-bond acceptors (Lipinski definition) is 18. The van der Waals surface area contributed by atoms with Crippen LogP contribution in [0.3, 0.4) is 0 Å². The molecule has 89 heavy (non-hydrogen) atoms. The molecule has 6 aromatic heterocycles. The third-order valence-corrected chi connectivity index (χ3v) is 16.6. The molecular weight excluding hydrogens is 1110 g/mol. The lowest BCUT2D eigenvalue weighted by Crippen LogP contribution is -2.38. The maximum Gasteiger partial charge on any atom is 0.226 e. The number of imidazole rings is 3. The Balaban J connectivity index is 0.000000259. The molecule has 4 fully saturated rings. The van der Waals surface area contributed by atoms with Gasteiger partial charge in [0.25, 0.3) is 0 Å². The summed E-state index contributed by atoms with van der Waals surface area (Å²) in [5, 5.41) is 31.1. The summed E-state index contributed by atoms with van der Waals surface area (Å²) in [6.07, 6.45) is 47.7. The van der Waals surface area contributed by atoms with E-state index in [0.29, 0.717) is 42.9 Å². The third kappa shape index (κ3) is 22.5. The average Bonchev–Trinajstić information content (AvgIpc) is 2.07. The highest BCUT2D eigenvalue weighted by Gasteiger charge is 2.32. The summed E-state index contributed by atoms with van der Waals surface area (Å²) in [5.41, 5.74) is 14.4. The zero-order valence-electron chi connectivity index (χ0n) is 55.7. The minimum absolute atomic E-state index is 0.274. The molecular formula is C67H106N22. The smallest absolute Gasteiger partial charge is 0.226 e. The molecule has 0 aliphatic heterocycles. The van der Waals surface area contributed by atoms with Crippen LogP contribution in [0.4, 0.5) is 17.7 Å². The van der Waals surface area contributed by atoms with E-state index in [1.807, 2.05) is 94.6 Å². The summed E-state index contributed by atoms with van der Waals surface area (Å²) >= 11 is 0. The van der Waals surface area contributed by atoms with E-state index in [4.69, 9.17) is 40.9 Å². The highest BCUT2D eigenvalue weighted by molar-refractivity contribution is 6.31. The van der Waals surface area contributed by atoms with E-state index in [1.54, 1.807) is 20.3 Å². The molecule has 0 amide bonds. The van der Waals surface area contributed by atoms with Crippen LogP contribution in [0.1, 0.15) is 212 Å². The van der Waals surface area contributed by atoms with Gasteiger partial charge in [-0.25, -0.2) is 19.9 Å². The second kappa shape index (κ2) is 39.1. The Hall–Kier alpha value is -8.01. The van der Waals surface area contributed by atoms with Crippen LogP contribution in [0.15, 0.2) is 70.5 Å². The zero-order chi connectivity index (χ0) is 64.5. The molecule has 0 aromatic carbocycles. The quantitative estimate of drug-likeness (QED) is 0.0312. The number of terminal acetylenes is 1. The van der Waals surface area contributed by atoms with E-state index in [0.717, 1.165) is 145 Å². The molecule has 3 unspecified atom stereocenters. The summed E-state index contributed by atoms with van der Waals surface area (Å²) in [4.78, 5) is 47.7. The van der Waals surface area contributed by atoms with Crippen LogP contribution in [0.25, 0.3) is 22.3 Å². The number of aliphatic imine (C=N–C) groups is 3.